The number of unbranched alkanes of at least 4 members (excludes halogenated alkanes) is 2. The lowest BCUT2D eigenvalue weighted by Crippen LogP contribution is -2.34. The topological polar surface area (TPSA) is 130 Å². The van der Waals surface area contributed by atoms with E-state index in [0.717, 1.165) is 24.2 Å². The molecule has 2 aliphatic rings. The molecule has 1 N–H and O–H groups in total. The van der Waals surface area contributed by atoms with Gasteiger partial charge in [0.25, 0.3) is 11.8 Å². The molecule has 5 amide bonds. The second kappa shape index (κ2) is 13.0. The lowest BCUT2D eigenvalue weighted by atomic mass is 10.2. The highest BCUT2D eigenvalue weighted by molar-refractivity contribution is 8.00. The third-order valence-corrected chi connectivity index (χ3v) is 6.18. The van der Waals surface area contributed by atoms with Crippen LogP contribution >= 0.6 is 11.8 Å². The molecule has 0 saturated carbocycles. The first kappa shape index (κ1) is 25.6. The van der Waals surface area contributed by atoms with Gasteiger partial charge in [-0.25, -0.2) is 4.79 Å². The summed E-state index contributed by atoms with van der Waals surface area (Å²) in [5.74, 6) is -2.20. The molecule has 2 rings (SSSR count). The fourth-order valence-electron chi connectivity index (χ4n) is 3.23. The number of carbonyl (C=O) groups excluding carboxylic acids is 6. The average molecular weight is 468 g/mol. The van der Waals surface area contributed by atoms with Gasteiger partial charge in [0.15, 0.2) is 0 Å². The standard InChI is InChI=1S/C21H29N3O7S/c1-2-3-4-5-11-22-16(25)10-13-32-15-14-19(28)23(21(15)30)12-6-7-20(29)31-24-17(26)8-9-18(24)27/h2,15H,1,3-14H2,(H,22,25). The van der Waals surface area contributed by atoms with Crippen molar-refractivity contribution in [2.75, 3.05) is 18.8 Å². The minimum Gasteiger partial charge on any atom is -0.356 e. The van der Waals surface area contributed by atoms with Gasteiger partial charge < -0.3 is 10.2 Å². The molecule has 2 heterocycles. The number of amides is 5. The number of hydrogen-bond acceptors (Lipinski definition) is 8. The molecule has 0 aromatic carbocycles. The number of hydrogen-bond donors (Lipinski definition) is 1. The number of imide groups is 2. The van der Waals surface area contributed by atoms with E-state index in [1.807, 2.05) is 6.08 Å². The van der Waals surface area contributed by atoms with E-state index in [1.165, 1.54) is 11.8 Å². The lowest BCUT2D eigenvalue weighted by molar-refractivity contribution is -0.197. The van der Waals surface area contributed by atoms with Gasteiger partial charge in [-0.2, -0.15) is 0 Å². The van der Waals surface area contributed by atoms with Gasteiger partial charge in [0.1, 0.15) is 0 Å². The summed E-state index contributed by atoms with van der Waals surface area (Å²) in [5.41, 5.74) is 0. The summed E-state index contributed by atoms with van der Waals surface area (Å²) in [6.45, 7) is 4.30. The Labute approximate surface area is 191 Å². The Hall–Kier alpha value is -2.69. The minimum absolute atomic E-state index is 0.0132. The molecule has 176 valence electrons. The van der Waals surface area contributed by atoms with Gasteiger partial charge in [0.05, 0.1) is 5.25 Å². The number of hydroxylamine groups is 2. The number of thioether (sulfide) groups is 1. The highest BCUT2D eigenvalue weighted by atomic mass is 32.2. The predicted molar refractivity (Wildman–Crippen MR) is 116 cm³/mol. The summed E-state index contributed by atoms with van der Waals surface area (Å²) in [4.78, 5) is 77.0. The fraction of sp³-hybridized carbons (Fsp3) is 0.619. The summed E-state index contributed by atoms with van der Waals surface area (Å²) in [7, 11) is 0. The van der Waals surface area contributed by atoms with Crippen molar-refractivity contribution in [2.24, 2.45) is 0 Å². The normalized spacial score (nSPS) is 18.4. The zero-order valence-electron chi connectivity index (χ0n) is 18.0. The lowest BCUT2D eigenvalue weighted by Gasteiger charge is -2.15. The molecule has 0 bridgehead atoms. The number of nitrogens with zero attached hydrogens (tertiary/aromatic N) is 2. The van der Waals surface area contributed by atoms with E-state index in [9.17, 15) is 28.8 Å². The van der Waals surface area contributed by atoms with Crippen molar-refractivity contribution in [2.45, 2.75) is 63.0 Å². The van der Waals surface area contributed by atoms with Crippen molar-refractivity contribution < 1.29 is 33.6 Å². The molecule has 1 atom stereocenters. The molecule has 32 heavy (non-hydrogen) atoms. The van der Waals surface area contributed by atoms with Crippen LogP contribution in [0.1, 0.15) is 57.8 Å². The van der Waals surface area contributed by atoms with Gasteiger partial charge in [-0.15, -0.1) is 23.4 Å². The van der Waals surface area contributed by atoms with E-state index in [-0.39, 0.29) is 62.8 Å². The van der Waals surface area contributed by atoms with E-state index < -0.39 is 23.0 Å². The summed E-state index contributed by atoms with van der Waals surface area (Å²) < 4.78 is 0. The van der Waals surface area contributed by atoms with Gasteiger partial charge in [-0.05, 0) is 25.7 Å². The molecule has 2 aliphatic heterocycles. The maximum absolute atomic E-state index is 12.5. The van der Waals surface area contributed by atoms with E-state index >= 15 is 0 Å². The van der Waals surface area contributed by atoms with E-state index in [4.69, 9.17) is 4.84 Å². The van der Waals surface area contributed by atoms with Crippen LogP contribution in [0.15, 0.2) is 12.7 Å². The summed E-state index contributed by atoms with van der Waals surface area (Å²) in [5, 5.41) is 2.77. The highest BCUT2D eigenvalue weighted by Crippen LogP contribution is 2.26. The Morgan fingerprint density at radius 1 is 1.06 bits per heavy atom. The SMILES string of the molecule is C=CCCCCNC(=O)CCSC1CC(=O)N(CCCC(=O)ON2C(=O)CCC2=O)C1=O. The van der Waals surface area contributed by atoms with Gasteiger partial charge in [-0.1, -0.05) is 6.08 Å². The van der Waals surface area contributed by atoms with Crippen LogP contribution in [-0.2, 0) is 33.6 Å². The third kappa shape index (κ3) is 7.77. The van der Waals surface area contributed by atoms with Crippen LogP contribution in [0.3, 0.4) is 0 Å². The quantitative estimate of drug-likeness (QED) is 0.228. The fourth-order valence-corrected chi connectivity index (χ4v) is 4.35. The second-order valence-corrected chi connectivity index (χ2v) is 8.79. The van der Waals surface area contributed by atoms with Crippen LogP contribution in [0.5, 0.6) is 0 Å². The number of nitrogens with one attached hydrogen (secondary N) is 1. The number of rotatable bonds is 14. The zero-order valence-corrected chi connectivity index (χ0v) is 18.8. The van der Waals surface area contributed by atoms with Gasteiger partial charge in [-0.3, -0.25) is 28.9 Å². The van der Waals surface area contributed by atoms with Crippen LogP contribution in [0, 0.1) is 0 Å². The van der Waals surface area contributed by atoms with Crippen LogP contribution in [-0.4, -0.2) is 69.6 Å². The summed E-state index contributed by atoms with van der Waals surface area (Å²) in [6.07, 6.45) is 4.99. The maximum atomic E-state index is 12.5. The van der Waals surface area contributed by atoms with E-state index in [2.05, 4.69) is 11.9 Å². The molecule has 0 aromatic heterocycles. The largest absolute Gasteiger partial charge is 0.356 e. The molecule has 1 unspecified atom stereocenters. The first-order valence-electron chi connectivity index (χ1n) is 10.7. The molecule has 0 spiro atoms. The Morgan fingerprint density at radius 2 is 1.78 bits per heavy atom. The molecule has 11 heteroatoms. The van der Waals surface area contributed by atoms with E-state index in [1.54, 1.807) is 0 Å². The number of allylic oxidation sites excluding steroid dienone is 1. The molecule has 0 aliphatic carbocycles. The Morgan fingerprint density at radius 3 is 2.47 bits per heavy atom. The summed E-state index contributed by atoms with van der Waals surface area (Å²) >= 11 is 1.28. The smallest absolute Gasteiger partial charge is 0.333 e. The molecule has 2 saturated heterocycles. The molecule has 10 nitrogen and oxygen atoms in total. The Balaban J connectivity index is 1.63. The first-order chi connectivity index (χ1) is 15.3. The zero-order chi connectivity index (χ0) is 23.5. The molecule has 0 radical (unpaired) electrons. The molecule has 0 aromatic rings. The molecular weight excluding hydrogens is 438 g/mol. The highest BCUT2D eigenvalue weighted by Gasteiger charge is 2.38. The van der Waals surface area contributed by atoms with Crippen LogP contribution < -0.4 is 5.32 Å². The van der Waals surface area contributed by atoms with Crippen LogP contribution in [0.4, 0.5) is 0 Å². The average Bonchev–Trinajstić information content (AvgIpc) is 3.21. The van der Waals surface area contributed by atoms with Crippen molar-refractivity contribution in [3.63, 3.8) is 0 Å². The summed E-state index contributed by atoms with van der Waals surface area (Å²) in [6, 6.07) is 0. The maximum Gasteiger partial charge on any atom is 0.333 e. The first-order valence-corrected chi connectivity index (χ1v) is 11.8. The van der Waals surface area contributed by atoms with E-state index in [0.29, 0.717) is 17.4 Å². The number of carbonyl (C=O) groups is 6. The van der Waals surface area contributed by atoms with Gasteiger partial charge >= 0.3 is 5.97 Å². The van der Waals surface area contributed by atoms with Crippen molar-refractivity contribution in [1.29, 1.82) is 0 Å². The Bertz CT molecular complexity index is 754. The third-order valence-electron chi connectivity index (χ3n) is 4.97. The predicted octanol–water partition coefficient (Wildman–Crippen LogP) is 1.10. The van der Waals surface area contributed by atoms with Crippen LogP contribution in [0.2, 0.25) is 0 Å². The minimum atomic E-state index is -0.769. The van der Waals surface area contributed by atoms with Crippen molar-refractivity contribution in [3.05, 3.63) is 12.7 Å². The Kier molecular flexibility index (Phi) is 10.4. The van der Waals surface area contributed by atoms with Crippen molar-refractivity contribution in [1.82, 2.24) is 15.3 Å². The second-order valence-electron chi connectivity index (χ2n) is 7.48. The van der Waals surface area contributed by atoms with Gasteiger partial charge in [0, 0.05) is 50.9 Å². The molecular formula is C21H29N3O7S. The van der Waals surface area contributed by atoms with Crippen molar-refractivity contribution in [3.8, 4) is 0 Å². The molecule has 2 fully saturated rings. The van der Waals surface area contributed by atoms with Gasteiger partial charge in [0.2, 0.25) is 17.7 Å². The monoisotopic (exact) mass is 467 g/mol. The number of likely N-dealkylation sites (tertiary alicyclic amines) is 1. The van der Waals surface area contributed by atoms with Crippen molar-refractivity contribution >= 4 is 47.3 Å². The van der Waals surface area contributed by atoms with Crippen LogP contribution in [0.25, 0.3) is 0 Å².